The lowest BCUT2D eigenvalue weighted by Gasteiger charge is -2.07. The lowest BCUT2D eigenvalue weighted by Crippen LogP contribution is -2.22. The molecule has 1 atom stereocenters. The molecule has 1 N–H and O–H groups in total. The first-order valence-electron chi connectivity index (χ1n) is 8.11. The van der Waals surface area contributed by atoms with E-state index < -0.39 is 0 Å². The van der Waals surface area contributed by atoms with Crippen molar-refractivity contribution in [2.24, 2.45) is 0 Å². The molecule has 0 saturated heterocycles. The molecule has 1 aromatic heterocycles. The molecule has 1 amide bonds. The van der Waals surface area contributed by atoms with Crippen molar-refractivity contribution in [2.75, 3.05) is 25.6 Å². The number of methoxy groups -OCH3 is 1. The Morgan fingerprint density at radius 3 is 2.96 bits per heavy atom. The van der Waals surface area contributed by atoms with E-state index in [0.717, 1.165) is 41.6 Å². The fourth-order valence-corrected chi connectivity index (χ4v) is 3.48. The number of fused-ring (bicyclic) bond motifs is 1. The van der Waals surface area contributed by atoms with Crippen LogP contribution in [0.4, 0.5) is 5.13 Å². The Balaban J connectivity index is 1.96. The smallest absolute Gasteiger partial charge is 0.239 e. The molecule has 0 radical (unpaired) electrons. The maximum atomic E-state index is 12.1. The van der Waals surface area contributed by atoms with Gasteiger partial charge in [0, 0.05) is 20.1 Å². The summed E-state index contributed by atoms with van der Waals surface area (Å²) in [5, 5.41) is 3.50. The summed E-state index contributed by atoms with van der Waals surface area (Å²) in [5.41, 5.74) is 0.860. The van der Waals surface area contributed by atoms with Crippen LogP contribution >= 0.6 is 27.3 Å². The Bertz CT molecular complexity index is 662. The van der Waals surface area contributed by atoms with Crippen molar-refractivity contribution in [3.05, 3.63) is 18.2 Å². The molecule has 0 unspecified atom stereocenters. The summed E-state index contributed by atoms with van der Waals surface area (Å²) in [6.45, 7) is 3.41. The van der Waals surface area contributed by atoms with Crippen LogP contribution in [0.2, 0.25) is 0 Å². The predicted octanol–water partition coefficient (Wildman–Crippen LogP) is 4.60. The number of amides is 1. The van der Waals surface area contributed by atoms with Crippen LogP contribution in [0.15, 0.2) is 18.2 Å². The van der Waals surface area contributed by atoms with Gasteiger partial charge in [0.15, 0.2) is 5.13 Å². The second-order valence-corrected chi connectivity index (χ2v) is 7.58. The molecule has 0 aliphatic carbocycles. The lowest BCUT2D eigenvalue weighted by molar-refractivity contribution is -0.115. The number of halogens is 1. The van der Waals surface area contributed by atoms with E-state index in [1.165, 1.54) is 11.3 Å². The fourth-order valence-electron chi connectivity index (χ4n) is 2.14. The summed E-state index contributed by atoms with van der Waals surface area (Å²) < 4.78 is 11.7. The van der Waals surface area contributed by atoms with E-state index in [-0.39, 0.29) is 10.7 Å². The van der Waals surface area contributed by atoms with Crippen LogP contribution in [0, 0.1) is 0 Å². The third-order valence-corrected chi connectivity index (χ3v) is 5.25. The summed E-state index contributed by atoms with van der Waals surface area (Å²) in [7, 11) is 1.68. The molecular formula is C17H23BrN2O3S. The highest BCUT2D eigenvalue weighted by Gasteiger charge is 2.16. The summed E-state index contributed by atoms with van der Waals surface area (Å²) >= 11 is 4.89. The SMILES string of the molecule is CCCC[C@H](Br)C(=O)Nc1nc2ccc(OCCCOC)cc2s1. The molecule has 1 aromatic carbocycles. The number of nitrogens with zero attached hydrogens (tertiary/aromatic N) is 1. The molecule has 0 aliphatic rings. The number of carbonyl (C=O) groups is 1. The zero-order valence-corrected chi connectivity index (χ0v) is 16.4. The molecule has 0 bridgehead atoms. The molecule has 24 heavy (non-hydrogen) atoms. The van der Waals surface area contributed by atoms with Crippen molar-refractivity contribution in [3.8, 4) is 5.75 Å². The number of alkyl halides is 1. The highest BCUT2D eigenvalue weighted by molar-refractivity contribution is 9.10. The van der Waals surface area contributed by atoms with Crippen molar-refractivity contribution in [2.45, 2.75) is 37.4 Å². The molecule has 0 saturated carbocycles. The van der Waals surface area contributed by atoms with Gasteiger partial charge in [0.25, 0.3) is 0 Å². The highest BCUT2D eigenvalue weighted by atomic mass is 79.9. The van der Waals surface area contributed by atoms with E-state index in [2.05, 4.69) is 33.2 Å². The molecule has 132 valence electrons. The van der Waals surface area contributed by atoms with Crippen LogP contribution in [-0.2, 0) is 9.53 Å². The molecule has 5 nitrogen and oxygen atoms in total. The number of thiazole rings is 1. The van der Waals surface area contributed by atoms with Crippen molar-refractivity contribution in [3.63, 3.8) is 0 Å². The van der Waals surface area contributed by atoms with E-state index in [4.69, 9.17) is 9.47 Å². The number of nitrogens with one attached hydrogen (secondary N) is 1. The average molecular weight is 415 g/mol. The van der Waals surface area contributed by atoms with E-state index in [9.17, 15) is 4.79 Å². The van der Waals surface area contributed by atoms with Gasteiger partial charge in [0.1, 0.15) is 5.75 Å². The first-order chi connectivity index (χ1) is 11.6. The van der Waals surface area contributed by atoms with Gasteiger partial charge in [-0.2, -0.15) is 0 Å². The number of rotatable bonds is 10. The van der Waals surface area contributed by atoms with Crippen LogP contribution in [0.1, 0.15) is 32.6 Å². The first-order valence-corrected chi connectivity index (χ1v) is 9.84. The summed E-state index contributed by atoms with van der Waals surface area (Å²) in [5.74, 6) is 0.764. The number of hydrogen-bond acceptors (Lipinski definition) is 5. The molecule has 0 spiro atoms. The Labute approximate surface area is 154 Å². The van der Waals surface area contributed by atoms with Gasteiger partial charge in [-0.1, -0.05) is 47.0 Å². The van der Waals surface area contributed by atoms with Gasteiger partial charge in [0.05, 0.1) is 21.7 Å². The largest absolute Gasteiger partial charge is 0.493 e. The van der Waals surface area contributed by atoms with Crippen molar-refractivity contribution < 1.29 is 14.3 Å². The van der Waals surface area contributed by atoms with Gasteiger partial charge in [-0.15, -0.1) is 0 Å². The molecule has 0 fully saturated rings. The van der Waals surface area contributed by atoms with Crippen LogP contribution in [0.25, 0.3) is 10.2 Å². The second-order valence-electron chi connectivity index (χ2n) is 5.44. The number of ether oxygens (including phenoxy) is 2. The topological polar surface area (TPSA) is 60.5 Å². The number of anilines is 1. The Kier molecular flexibility index (Phi) is 7.94. The van der Waals surface area contributed by atoms with Gasteiger partial charge in [-0.25, -0.2) is 4.98 Å². The van der Waals surface area contributed by atoms with Gasteiger partial charge >= 0.3 is 0 Å². The minimum absolute atomic E-state index is 0.0430. The van der Waals surface area contributed by atoms with E-state index in [1.807, 2.05) is 18.2 Å². The summed E-state index contributed by atoms with van der Waals surface area (Å²) in [6, 6.07) is 5.77. The quantitative estimate of drug-likeness (QED) is 0.455. The molecule has 7 heteroatoms. The Morgan fingerprint density at radius 2 is 2.21 bits per heavy atom. The van der Waals surface area contributed by atoms with Crippen molar-refractivity contribution in [1.29, 1.82) is 0 Å². The predicted molar refractivity (Wildman–Crippen MR) is 102 cm³/mol. The first kappa shape index (κ1) is 19.1. The average Bonchev–Trinajstić information content (AvgIpc) is 2.97. The maximum absolute atomic E-state index is 12.1. The molecule has 1 heterocycles. The Hall–Kier alpha value is -1.18. The van der Waals surface area contributed by atoms with Crippen LogP contribution in [-0.4, -0.2) is 36.0 Å². The number of benzene rings is 1. The summed E-state index contributed by atoms with van der Waals surface area (Å²) in [6.07, 6.45) is 3.77. The lowest BCUT2D eigenvalue weighted by atomic mass is 10.2. The molecule has 2 aromatic rings. The standard InChI is InChI=1S/C17H23BrN2O3S/c1-3-4-6-13(18)16(21)20-17-19-14-8-7-12(11-15(14)24-17)23-10-5-9-22-2/h7-8,11,13H,3-6,9-10H2,1-2H3,(H,19,20,21)/t13-/m0/s1. The normalized spacial score (nSPS) is 12.3. The maximum Gasteiger partial charge on any atom is 0.239 e. The van der Waals surface area contributed by atoms with E-state index >= 15 is 0 Å². The second kappa shape index (κ2) is 9.96. The van der Waals surface area contributed by atoms with Gasteiger partial charge in [0.2, 0.25) is 5.91 Å². The van der Waals surface area contributed by atoms with Crippen LogP contribution < -0.4 is 10.1 Å². The van der Waals surface area contributed by atoms with Crippen LogP contribution in [0.3, 0.4) is 0 Å². The van der Waals surface area contributed by atoms with Gasteiger partial charge in [-0.3, -0.25) is 4.79 Å². The van der Waals surface area contributed by atoms with Gasteiger partial charge < -0.3 is 14.8 Å². The minimum atomic E-state index is -0.177. The monoisotopic (exact) mass is 414 g/mol. The zero-order valence-electron chi connectivity index (χ0n) is 14.0. The third kappa shape index (κ3) is 5.72. The number of aromatic nitrogens is 1. The number of unbranched alkanes of at least 4 members (excludes halogenated alkanes) is 1. The van der Waals surface area contributed by atoms with Crippen molar-refractivity contribution >= 4 is 48.5 Å². The van der Waals surface area contributed by atoms with Crippen molar-refractivity contribution in [1.82, 2.24) is 4.98 Å². The molecular weight excluding hydrogens is 392 g/mol. The molecule has 0 aliphatic heterocycles. The zero-order chi connectivity index (χ0) is 17.4. The third-order valence-electron chi connectivity index (χ3n) is 3.45. The van der Waals surface area contributed by atoms with Crippen LogP contribution in [0.5, 0.6) is 5.75 Å². The highest BCUT2D eigenvalue weighted by Crippen LogP contribution is 2.29. The minimum Gasteiger partial charge on any atom is -0.493 e. The Morgan fingerprint density at radius 1 is 1.38 bits per heavy atom. The van der Waals surface area contributed by atoms with E-state index in [1.54, 1.807) is 7.11 Å². The number of hydrogen-bond donors (Lipinski definition) is 1. The van der Waals surface area contributed by atoms with E-state index in [0.29, 0.717) is 18.3 Å². The number of carbonyl (C=O) groups excluding carboxylic acids is 1. The molecule has 2 rings (SSSR count). The fraction of sp³-hybridized carbons (Fsp3) is 0.529. The van der Waals surface area contributed by atoms with Gasteiger partial charge in [-0.05, 0) is 24.6 Å². The summed E-state index contributed by atoms with van der Waals surface area (Å²) in [4.78, 5) is 16.4.